The van der Waals surface area contributed by atoms with Gasteiger partial charge in [-0.2, -0.15) is 0 Å². The smallest absolute Gasteiger partial charge is 0.271 e. The molecule has 1 aromatic rings. The molecule has 1 aliphatic heterocycles. The number of anilines is 1. The third kappa shape index (κ3) is 1.14. The highest BCUT2D eigenvalue weighted by Gasteiger charge is 2.36. The molecule has 1 aromatic heterocycles. The van der Waals surface area contributed by atoms with Gasteiger partial charge in [0.05, 0.1) is 5.54 Å². The number of aromatic nitrogens is 1. The summed E-state index contributed by atoms with van der Waals surface area (Å²) in [4.78, 5) is 15.8. The molecular formula is C10H13N3O. The Labute approximate surface area is 82.7 Å². The van der Waals surface area contributed by atoms with Crippen LogP contribution in [-0.2, 0) is 5.54 Å². The number of nitrogens with one attached hydrogen (secondary N) is 2. The Kier molecular flexibility index (Phi) is 1.74. The molecular weight excluding hydrogens is 178 g/mol. The van der Waals surface area contributed by atoms with Gasteiger partial charge in [-0.05, 0) is 19.9 Å². The van der Waals surface area contributed by atoms with Crippen LogP contribution in [0.1, 0.15) is 29.9 Å². The van der Waals surface area contributed by atoms with Crippen molar-refractivity contribution in [1.82, 2.24) is 10.3 Å². The van der Waals surface area contributed by atoms with Gasteiger partial charge in [0.2, 0.25) is 0 Å². The first kappa shape index (κ1) is 8.99. The van der Waals surface area contributed by atoms with Gasteiger partial charge in [-0.25, -0.2) is 4.98 Å². The molecule has 0 aromatic carbocycles. The average Bonchev–Trinajstić information content (AvgIpc) is 2.37. The minimum absolute atomic E-state index is 0.0953. The van der Waals surface area contributed by atoms with Crippen LogP contribution in [0.25, 0.3) is 0 Å². The molecule has 0 saturated heterocycles. The summed E-state index contributed by atoms with van der Waals surface area (Å²) in [6.07, 6.45) is 0. The second-order valence-corrected chi connectivity index (χ2v) is 3.92. The van der Waals surface area contributed by atoms with Crippen molar-refractivity contribution in [2.24, 2.45) is 0 Å². The highest BCUT2D eigenvalue weighted by atomic mass is 16.2. The number of hydrogen-bond acceptors (Lipinski definition) is 3. The van der Waals surface area contributed by atoms with E-state index in [1.54, 1.807) is 7.05 Å². The van der Waals surface area contributed by atoms with Crippen molar-refractivity contribution in [2.45, 2.75) is 19.4 Å². The largest absolute Gasteiger partial charge is 0.373 e. The van der Waals surface area contributed by atoms with E-state index in [0.29, 0.717) is 5.69 Å². The zero-order valence-corrected chi connectivity index (χ0v) is 8.51. The van der Waals surface area contributed by atoms with Gasteiger partial charge >= 0.3 is 0 Å². The van der Waals surface area contributed by atoms with Gasteiger partial charge in [-0.1, -0.05) is 6.07 Å². The van der Waals surface area contributed by atoms with Gasteiger partial charge in [-0.3, -0.25) is 4.79 Å². The van der Waals surface area contributed by atoms with Crippen LogP contribution in [0.15, 0.2) is 12.1 Å². The topological polar surface area (TPSA) is 54.0 Å². The van der Waals surface area contributed by atoms with Crippen LogP contribution in [0.2, 0.25) is 0 Å². The first-order chi connectivity index (χ1) is 6.54. The maximum absolute atomic E-state index is 11.5. The molecule has 0 radical (unpaired) electrons. The Hall–Kier alpha value is -1.58. The van der Waals surface area contributed by atoms with Crippen molar-refractivity contribution >= 4 is 11.7 Å². The molecule has 4 nitrogen and oxygen atoms in total. The van der Waals surface area contributed by atoms with Crippen molar-refractivity contribution in [3.63, 3.8) is 0 Å². The molecule has 0 spiro atoms. The van der Waals surface area contributed by atoms with Gasteiger partial charge in [0.15, 0.2) is 0 Å². The van der Waals surface area contributed by atoms with Crippen LogP contribution >= 0.6 is 0 Å². The number of nitrogens with zero attached hydrogens (tertiary/aromatic N) is 1. The van der Waals surface area contributed by atoms with Crippen LogP contribution in [-0.4, -0.2) is 17.9 Å². The first-order valence-electron chi connectivity index (χ1n) is 4.56. The second kappa shape index (κ2) is 2.70. The molecule has 2 heterocycles. The van der Waals surface area contributed by atoms with E-state index in [1.165, 1.54) is 0 Å². The Morgan fingerprint density at radius 1 is 1.43 bits per heavy atom. The lowest BCUT2D eigenvalue weighted by atomic mass is 9.97. The monoisotopic (exact) mass is 191 g/mol. The zero-order valence-electron chi connectivity index (χ0n) is 8.51. The van der Waals surface area contributed by atoms with E-state index < -0.39 is 0 Å². The third-order valence-corrected chi connectivity index (χ3v) is 2.47. The highest BCUT2D eigenvalue weighted by Crippen LogP contribution is 2.29. The van der Waals surface area contributed by atoms with Crippen LogP contribution in [0.4, 0.5) is 5.82 Å². The summed E-state index contributed by atoms with van der Waals surface area (Å²) in [5, 5.41) is 5.79. The zero-order chi connectivity index (χ0) is 10.3. The molecule has 14 heavy (non-hydrogen) atoms. The first-order valence-corrected chi connectivity index (χ1v) is 4.56. The van der Waals surface area contributed by atoms with Crippen molar-refractivity contribution < 1.29 is 4.79 Å². The summed E-state index contributed by atoms with van der Waals surface area (Å²) in [5.41, 5.74) is 1.19. The molecule has 2 rings (SSSR count). The minimum Gasteiger partial charge on any atom is -0.373 e. The van der Waals surface area contributed by atoms with E-state index >= 15 is 0 Å². The van der Waals surface area contributed by atoms with E-state index in [0.717, 1.165) is 11.4 Å². The molecule has 1 amide bonds. The summed E-state index contributed by atoms with van der Waals surface area (Å²) < 4.78 is 0. The van der Waals surface area contributed by atoms with E-state index in [1.807, 2.05) is 26.0 Å². The predicted molar refractivity (Wildman–Crippen MR) is 54.3 cm³/mol. The average molecular weight is 191 g/mol. The predicted octanol–water partition coefficient (Wildman–Crippen LogP) is 1.10. The summed E-state index contributed by atoms with van der Waals surface area (Å²) in [6, 6.07) is 3.81. The number of rotatable bonds is 1. The summed E-state index contributed by atoms with van der Waals surface area (Å²) >= 11 is 0. The molecule has 1 aliphatic rings. The summed E-state index contributed by atoms with van der Waals surface area (Å²) in [6.45, 7) is 3.94. The van der Waals surface area contributed by atoms with Crippen molar-refractivity contribution in [1.29, 1.82) is 0 Å². The van der Waals surface area contributed by atoms with Crippen LogP contribution in [0.3, 0.4) is 0 Å². The quantitative estimate of drug-likeness (QED) is 0.699. The van der Waals surface area contributed by atoms with E-state index in [2.05, 4.69) is 15.6 Å². The number of hydrogen-bond donors (Lipinski definition) is 2. The van der Waals surface area contributed by atoms with Crippen LogP contribution in [0.5, 0.6) is 0 Å². The Morgan fingerprint density at radius 2 is 2.14 bits per heavy atom. The van der Waals surface area contributed by atoms with Crippen LogP contribution in [0, 0.1) is 0 Å². The molecule has 0 fully saturated rings. The molecule has 4 heteroatoms. The fraction of sp³-hybridized carbons (Fsp3) is 0.400. The summed E-state index contributed by atoms with van der Waals surface area (Å²) in [5.74, 6) is 0.624. The SMILES string of the molecule is CNc1ccc2c(n1)C(=O)NC2(C)C. The second-order valence-electron chi connectivity index (χ2n) is 3.92. The lowest BCUT2D eigenvalue weighted by Crippen LogP contribution is -2.32. The van der Waals surface area contributed by atoms with Gasteiger partial charge in [0, 0.05) is 12.6 Å². The van der Waals surface area contributed by atoms with E-state index in [9.17, 15) is 4.79 Å². The highest BCUT2D eigenvalue weighted by molar-refractivity contribution is 5.98. The van der Waals surface area contributed by atoms with E-state index in [-0.39, 0.29) is 11.4 Å². The van der Waals surface area contributed by atoms with Gasteiger partial charge < -0.3 is 10.6 Å². The molecule has 74 valence electrons. The maximum Gasteiger partial charge on any atom is 0.271 e. The number of carbonyl (C=O) groups excluding carboxylic acids is 1. The third-order valence-electron chi connectivity index (χ3n) is 2.47. The maximum atomic E-state index is 11.5. The number of carbonyl (C=O) groups is 1. The van der Waals surface area contributed by atoms with Gasteiger partial charge in [-0.15, -0.1) is 0 Å². The number of amides is 1. The fourth-order valence-electron chi connectivity index (χ4n) is 1.69. The minimum atomic E-state index is -0.300. The van der Waals surface area contributed by atoms with Crippen molar-refractivity contribution in [3.8, 4) is 0 Å². The molecule has 0 atom stereocenters. The van der Waals surface area contributed by atoms with Gasteiger partial charge in [0.25, 0.3) is 5.91 Å². The van der Waals surface area contributed by atoms with Gasteiger partial charge in [0.1, 0.15) is 11.5 Å². The molecule has 0 unspecified atom stereocenters. The lowest BCUT2D eigenvalue weighted by Gasteiger charge is -2.18. The van der Waals surface area contributed by atoms with Crippen molar-refractivity contribution in [3.05, 3.63) is 23.4 Å². The Bertz CT molecular complexity index is 398. The van der Waals surface area contributed by atoms with Crippen LogP contribution < -0.4 is 10.6 Å². The number of fused-ring (bicyclic) bond motifs is 1. The molecule has 0 aliphatic carbocycles. The Morgan fingerprint density at radius 3 is 2.79 bits per heavy atom. The normalized spacial score (nSPS) is 17.5. The van der Waals surface area contributed by atoms with Crippen molar-refractivity contribution in [2.75, 3.05) is 12.4 Å². The fourth-order valence-corrected chi connectivity index (χ4v) is 1.69. The standard InChI is InChI=1S/C10H13N3O/c1-10(2)6-4-5-7(11-3)12-8(6)9(14)13-10/h4-5H,1-3H3,(H,11,12)(H,13,14). The Balaban J connectivity index is 2.58. The number of pyridine rings is 1. The molecule has 2 N–H and O–H groups in total. The summed E-state index contributed by atoms with van der Waals surface area (Å²) in [7, 11) is 1.78. The molecule has 0 bridgehead atoms. The molecule has 0 saturated carbocycles. The van der Waals surface area contributed by atoms with E-state index in [4.69, 9.17) is 0 Å². The lowest BCUT2D eigenvalue weighted by molar-refractivity contribution is 0.0936.